The van der Waals surface area contributed by atoms with Gasteiger partial charge in [0.25, 0.3) is 0 Å². The molecule has 1 saturated heterocycles. The van der Waals surface area contributed by atoms with Crippen LogP contribution in [0.5, 0.6) is 5.75 Å². The standard InChI is InChI=1S/C18H23N3O/c1-22-16-6-4-15(5-7-16)18-17(20-11-12-21-18)13-14-3-2-9-19-10-8-14/h4-7,11-12,14,19H,2-3,8-10,13H2,1H3/t14-/m1/s1. The highest BCUT2D eigenvalue weighted by molar-refractivity contribution is 5.62. The third kappa shape index (κ3) is 3.63. The second-order valence-electron chi connectivity index (χ2n) is 5.83. The van der Waals surface area contributed by atoms with Gasteiger partial charge in [-0.3, -0.25) is 9.97 Å². The molecule has 116 valence electrons. The maximum absolute atomic E-state index is 5.23. The smallest absolute Gasteiger partial charge is 0.118 e. The molecule has 1 aliphatic rings. The number of methoxy groups -OCH3 is 1. The summed E-state index contributed by atoms with van der Waals surface area (Å²) in [5, 5.41) is 3.47. The van der Waals surface area contributed by atoms with Gasteiger partial charge in [-0.15, -0.1) is 0 Å². The summed E-state index contributed by atoms with van der Waals surface area (Å²) in [6.45, 7) is 2.26. The molecule has 0 amide bonds. The molecule has 1 fully saturated rings. The molecule has 0 bridgehead atoms. The number of aromatic nitrogens is 2. The number of nitrogens with one attached hydrogen (secondary N) is 1. The Balaban J connectivity index is 1.82. The van der Waals surface area contributed by atoms with Crippen molar-refractivity contribution in [2.24, 2.45) is 5.92 Å². The molecule has 0 spiro atoms. The molecule has 1 atom stereocenters. The summed E-state index contributed by atoms with van der Waals surface area (Å²) in [4.78, 5) is 9.18. The molecule has 2 aromatic rings. The Morgan fingerprint density at radius 2 is 1.91 bits per heavy atom. The number of hydrogen-bond donors (Lipinski definition) is 1. The van der Waals surface area contributed by atoms with Gasteiger partial charge in [-0.1, -0.05) is 0 Å². The molecule has 1 aliphatic heterocycles. The zero-order valence-corrected chi connectivity index (χ0v) is 13.1. The maximum atomic E-state index is 5.23. The van der Waals surface area contributed by atoms with Gasteiger partial charge in [0.1, 0.15) is 5.75 Å². The molecule has 1 N–H and O–H groups in total. The van der Waals surface area contributed by atoms with Gasteiger partial charge in [0, 0.05) is 18.0 Å². The minimum atomic E-state index is 0.698. The van der Waals surface area contributed by atoms with Gasteiger partial charge in [0.05, 0.1) is 18.5 Å². The van der Waals surface area contributed by atoms with Crippen LogP contribution in [-0.2, 0) is 6.42 Å². The Morgan fingerprint density at radius 3 is 2.73 bits per heavy atom. The number of hydrogen-bond acceptors (Lipinski definition) is 4. The quantitative estimate of drug-likeness (QED) is 0.942. The van der Waals surface area contributed by atoms with Crippen molar-refractivity contribution in [3.8, 4) is 17.0 Å². The van der Waals surface area contributed by atoms with Crippen LogP contribution in [0.15, 0.2) is 36.7 Å². The first-order valence-electron chi connectivity index (χ1n) is 8.02. The number of nitrogens with zero attached hydrogens (tertiary/aromatic N) is 2. The Morgan fingerprint density at radius 1 is 1.09 bits per heavy atom. The third-order valence-electron chi connectivity index (χ3n) is 4.31. The predicted octanol–water partition coefficient (Wildman–Crippen LogP) is 3.08. The summed E-state index contributed by atoms with van der Waals surface area (Å²) >= 11 is 0. The minimum Gasteiger partial charge on any atom is -0.497 e. The second-order valence-corrected chi connectivity index (χ2v) is 5.83. The van der Waals surface area contributed by atoms with Crippen molar-refractivity contribution in [2.45, 2.75) is 25.7 Å². The molecular formula is C18H23N3O. The predicted molar refractivity (Wildman–Crippen MR) is 87.9 cm³/mol. The second kappa shape index (κ2) is 7.36. The lowest BCUT2D eigenvalue weighted by Gasteiger charge is -2.15. The van der Waals surface area contributed by atoms with E-state index in [0.29, 0.717) is 5.92 Å². The van der Waals surface area contributed by atoms with Gasteiger partial charge in [0.15, 0.2) is 0 Å². The molecule has 0 radical (unpaired) electrons. The average molecular weight is 297 g/mol. The van der Waals surface area contributed by atoms with Crippen molar-refractivity contribution in [1.82, 2.24) is 15.3 Å². The van der Waals surface area contributed by atoms with Crippen LogP contribution in [-0.4, -0.2) is 30.2 Å². The summed E-state index contributed by atoms with van der Waals surface area (Å²) in [6, 6.07) is 8.06. The van der Waals surface area contributed by atoms with E-state index in [-0.39, 0.29) is 0 Å². The average Bonchev–Trinajstić information content (AvgIpc) is 2.84. The molecule has 0 unspecified atom stereocenters. The van der Waals surface area contributed by atoms with Crippen molar-refractivity contribution < 1.29 is 4.74 Å². The summed E-state index contributed by atoms with van der Waals surface area (Å²) in [5.41, 5.74) is 3.22. The maximum Gasteiger partial charge on any atom is 0.118 e. The van der Waals surface area contributed by atoms with E-state index in [0.717, 1.165) is 42.2 Å². The highest BCUT2D eigenvalue weighted by atomic mass is 16.5. The molecule has 1 aromatic carbocycles. The van der Waals surface area contributed by atoms with E-state index in [1.165, 1.54) is 19.3 Å². The van der Waals surface area contributed by atoms with Gasteiger partial charge in [-0.2, -0.15) is 0 Å². The van der Waals surface area contributed by atoms with E-state index in [1.54, 1.807) is 19.5 Å². The van der Waals surface area contributed by atoms with Crippen molar-refractivity contribution in [2.75, 3.05) is 20.2 Å². The topological polar surface area (TPSA) is 47.0 Å². The molecule has 3 rings (SSSR count). The van der Waals surface area contributed by atoms with Crippen LogP contribution in [0.3, 0.4) is 0 Å². The first-order valence-corrected chi connectivity index (χ1v) is 8.02. The van der Waals surface area contributed by atoms with Gasteiger partial charge < -0.3 is 10.1 Å². The van der Waals surface area contributed by atoms with Crippen LogP contribution in [0, 0.1) is 5.92 Å². The van der Waals surface area contributed by atoms with Crippen LogP contribution in [0.25, 0.3) is 11.3 Å². The molecule has 2 heterocycles. The van der Waals surface area contributed by atoms with E-state index in [1.807, 2.05) is 12.1 Å². The van der Waals surface area contributed by atoms with Crippen molar-refractivity contribution >= 4 is 0 Å². The summed E-state index contributed by atoms with van der Waals surface area (Å²) in [7, 11) is 1.68. The molecular weight excluding hydrogens is 274 g/mol. The Hall–Kier alpha value is -1.94. The third-order valence-corrected chi connectivity index (χ3v) is 4.31. The fraction of sp³-hybridized carbons (Fsp3) is 0.444. The highest BCUT2D eigenvalue weighted by Gasteiger charge is 2.16. The Bertz CT molecular complexity index is 590. The van der Waals surface area contributed by atoms with Gasteiger partial charge in [0.2, 0.25) is 0 Å². The Kier molecular flexibility index (Phi) is 5.01. The van der Waals surface area contributed by atoms with Gasteiger partial charge in [-0.05, 0) is 69.0 Å². The van der Waals surface area contributed by atoms with Crippen molar-refractivity contribution in [3.63, 3.8) is 0 Å². The first-order chi connectivity index (χ1) is 10.9. The fourth-order valence-electron chi connectivity index (χ4n) is 3.08. The van der Waals surface area contributed by atoms with Gasteiger partial charge in [-0.25, -0.2) is 0 Å². The highest BCUT2D eigenvalue weighted by Crippen LogP contribution is 2.26. The zero-order chi connectivity index (χ0) is 15.2. The largest absolute Gasteiger partial charge is 0.497 e. The first kappa shape index (κ1) is 15.0. The van der Waals surface area contributed by atoms with Gasteiger partial charge >= 0.3 is 0 Å². The normalized spacial score (nSPS) is 18.7. The molecule has 4 heteroatoms. The lowest BCUT2D eigenvalue weighted by molar-refractivity contribution is 0.415. The number of rotatable bonds is 4. The summed E-state index contributed by atoms with van der Waals surface area (Å²) in [6.07, 6.45) is 8.33. The number of benzene rings is 1. The van der Waals surface area contributed by atoms with E-state index in [9.17, 15) is 0 Å². The summed E-state index contributed by atoms with van der Waals surface area (Å²) < 4.78 is 5.23. The summed E-state index contributed by atoms with van der Waals surface area (Å²) in [5.74, 6) is 1.56. The van der Waals surface area contributed by atoms with Crippen LogP contribution >= 0.6 is 0 Å². The monoisotopic (exact) mass is 297 g/mol. The van der Waals surface area contributed by atoms with Crippen LogP contribution in [0.1, 0.15) is 25.0 Å². The van der Waals surface area contributed by atoms with Crippen LogP contribution in [0.2, 0.25) is 0 Å². The van der Waals surface area contributed by atoms with Crippen molar-refractivity contribution in [3.05, 3.63) is 42.4 Å². The molecule has 22 heavy (non-hydrogen) atoms. The zero-order valence-electron chi connectivity index (χ0n) is 13.1. The van der Waals surface area contributed by atoms with Crippen LogP contribution < -0.4 is 10.1 Å². The molecule has 4 nitrogen and oxygen atoms in total. The van der Waals surface area contributed by atoms with Crippen molar-refractivity contribution in [1.29, 1.82) is 0 Å². The lowest BCUT2D eigenvalue weighted by Crippen LogP contribution is -2.15. The Labute approximate surface area is 132 Å². The van der Waals surface area contributed by atoms with Crippen LogP contribution in [0.4, 0.5) is 0 Å². The van der Waals surface area contributed by atoms with E-state index >= 15 is 0 Å². The lowest BCUT2D eigenvalue weighted by atomic mass is 9.93. The number of ether oxygens (including phenoxy) is 1. The molecule has 0 saturated carbocycles. The fourth-order valence-corrected chi connectivity index (χ4v) is 3.08. The van der Waals surface area contributed by atoms with E-state index in [2.05, 4.69) is 27.4 Å². The molecule has 1 aromatic heterocycles. The SMILES string of the molecule is COc1ccc(-c2nccnc2C[C@@H]2CCCNCC2)cc1. The molecule has 0 aliphatic carbocycles. The van der Waals surface area contributed by atoms with E-state index in [4.69, 9.17) is 4.74 Å². The minimum absolute atomic E-state index is 0.698. The van der Waals surface area contributed by atoms with E-state index < -0.39 is 0 Å².